The molecule has 1 fully saturated rings. The van der Waals surface area contributed by atoms with Gasteiger partial charge in [-0.15, -0.1) is 0 Å². The fourth-order valence-corrected chi connectivity index (χ4v) is 1.31. The van der Waals surface area contributed by atoms with Crippen molar-refractivity contribution in [3.8, 4) is 0 Å². The Bertz CT molecular complexity index is 229. The average molecular weight is 419 g/mol. The topological polar surface area (TPSA) is 122 Å². The van der Waals surface area contributed by atoms with Crippen LogP contribution in [0.3, 0.4) is 0 Å². The minimum Gasteiger partial charge on any atom is -0.676 e. The normalized spacial score (nSPS) is 26.7. The maximum absolute atomic E-state index is 8.74. The SMILES string of the molecule is O=S(=O)(O)O.[NH-]C1CCCCCC1[NH-].[Pt+2]. The van der Waals surface area contributed by atoms with Crippen LogP contribution in [0.15, 0.2) is 0 Å². The maximum Gasteiger partial charge on any atom is 2.00 e. The van der Waals surface area contributed by atoms with Gasteiger partial charge in [-0.25, -0.2) is 0 Å². The Balaban J connectivity index is 0. The molecule has 8 heteroatoms. The third kappa shape index (κ3) is 14.5. The number of hydrogen-bond acceptors (Lipinski definition) is 2. The summed E-state index contributed by atoms with van der Waals surface area (Å²) in [6.45, 7) is 0. The molecular weight excluding hydrogens is 403 g/mol. The predicted molar refractivity (Wildman–Crippen MR) is 53.5 cm³/mol. The molecule has 15 heavy (non-hydrogen) atoms. The van der Waals surface area contributed by atoms with Gasteiger partial charge >= 0.3 is 31.5 Å². The van der Waals surface area contributed by atoms with Crippen LogP contribution in [0, 0.1) is 0 Å². The van der Waals surface area contributed by atoms with Gasteiger partial charge < -0.3 is 11.5 Å². The van der Waals surface area contributed by atoms with E-state index in [-0.39, 0.29) is 33.1 Å². The van der Waals surface area contributed by atoms with Gasteiger partial charge in [0, 0.05) is 0 Å². The Hall–Kier alpha value is 0.478. The van der Waals surface area contributed by atoms with E-state index in [1.165, 1.54) is 19.3 Å². The fourth-order valence-electron chi connectivity index (χ4n) is 1.31. The van der Waals surface area contributed by atoms with Crippen molar-refractivity contribution >= 4 is 10.4 Å². The Morgan fingerprint density at radius 1 is 0.933 bits per heavy atom. The van der Waals surface area contributed by atoms with Crippen molar-refractivity contribution < 1.29 is 38.6 Å². The molecule has 1 saturated carbocycles. The molecule has 0 spiro atoms. The van der Waals surface area contributed by atoms with Crippen LogP contribution in [0.25, 0.3) is 11.5 Å². The molecule has 1 rings (SSSR count). The van der Waals surface area contributed by atoms with Gasteiger partial charge in [-0.05, 0) is 0 Å². The molecule has 0 amide bonds. The van der Waals surface area contributed by atoms with E-state index < -0.39 is 10.4 Å². The molecule has 0 saturated heterocycles. The molecule has 1 aliphatic carbocycles. The van der Waals surface area contributed by atoms with Gasteiger partial charge in [0.2, 0.25) is 0 Å². The van der Waals surface area contributed by atoms with Crippen LogP contribution >= 0.6 is 0 Å². The zero-order valence-corrected chi connectivity index (χ0v) is 11.2. The average Bonchev–Trinajstić information content (AvgIpc) is 2.14. The van der Waals surface area contributed by atoms with E-state index in [0.29, 0.717) is 0 Å². The van der Waals surface area contributed by atoms with E-state index >= 15 is 0 Å². The van der Waals surface area contributed by atoms with E-state index in [9.17, 15) is 0 Å². The van der Waals surface area contributed by atoms with Crippen molar-refractivity contribution in [2.24, 2.45) is 0 Å². The van der Waals surface area contributed by atoms with Crippen LogP contribution < -0.4 is 0 Å². The summed E-state index contributed by atoms with van der Waals surface area (Å²) in [5, 5.41) is 0. The summed E-state index contributed by atoms with van der Waals surface area (Å²) in [5.41, 5.74) is 14.9. The summed E-state index contributed by atoms with van der Waals surface area (Å²) in [6.07, 6.45) is 5.49. The van der Waals surface area contributed by atoms with E-state index in [1.807, 2.05) is 0 Å². The summed E-state index contributed by atoms with van der Waals surface area (Å²) in [6, 6.07) is -0.181. The molecule has 0 bridgehead atoms. The van der Waals surface area contributed by atoms with Gasteiger partial charge in [-0.3, -0.25) is 9.11 Å². The first kappa shape index (κ1) is 17.9. The van der Waals surface area contributed by atoms with Crippen LogP contribution in [0.4, 0.5) is 0 Å². The van der Waals surface area contributed by atoms with Crippen molar-refractivity contribution in [2.75, 3.05) is 0 Å². The first-order valence-corrected chi connectivity index (χ1v) is 5.82. The summed E-state index contributed by atoms with van der Waals surface area (Å²) < 4.78 is 31.6. The Kier molecular flexibility index (Phi) is 10.3. The van der Waals surface area contributed by atoms with E-state index in [4.69, 9.17) is 29.0 Å². The molecule has 94 valence electrons. The van der Waals surface area contributed by atoms with Gasteiger partial charge in [0.1, 0.15) is 0 Å². The molecule has 2 unspecified atom stereocenters. The summed E-state index contributed by atoms with van der Waals surface area (Å²) >= 11 is 0. The summed E-state index contributed by atoms with van der Waals surface area (Å²) in [4.78, 5) is 0. The second-order valence-electron chi connectivity index (χ2n) is 3.30. The molecule has 0 aromatic rings. The molecule has 2 atom stereocenters. The van der Waals surface area contributed by atoms with Gasteiger partial charge in [-0.2, -0.15) is 20.5 Å². The molecule has 1 aliphatic rings. The number of hydrogen-bond donors (Lipinski definition) is 2. The minimum atomic E-state index is -4.67. The Labute approximate surface area is 105 Å². The number of rotatable bonds is 0. The van der Waals surface area contributed by atoms with E-state index in [2.05, 4.69) is 0 Å². The van der Waals surface area contributed by atoms with Crippen molar-refractivity contribution in [2.45, 2.75) is 44.2 Å². The Morgan fingerprint density at radius 2 is 1.20 bits per heavy atom. The maximum atomic E-state index is 8.74. The predicted octanol–water partition coefficient (Wildman–Crippen LogP) is 2.14. The summed E-state index contributed by atoms with van der Waals surface area (Å²) in [7, 11) is -4.67. The van der Waals surface area contributed by atoms with Gasteiger partial charge in [0.15, 0.2) is 0 Å². The van der Waals surface area contributed by atoms with Crippen molar-refractivity contribution in [3.63, 3.8) is 0 Å². The first-order chi connectivity index (χ1) is 6.30. The largest absolute Gasteiger partial charge is 2.00 e. The summed E-state index contributed by atoms with van der Waals surface area (Å²) in [5.74, 6) is 0. The van der Waals surface area contributed by atoms with Crippen LogP contribution in [0.2, 0.25) is 0 Å². The van der Waals surface area contributed by atoms with Crippen LogP contribution in [0.1, 0.15) is 32.1 Å². The third-order valence-electron chi connectivity index (χ3n) is 2.02. The third-order valence-corrected chi connectivity index (χ3v) is 2.02. The molecule has 6 nitrogen and oxygen atoms in total. The molecule has 0 aromatic carbocycles. The van der Waals surface area contributed by atoms with Crippen LogP contribution in [-0.2, 0) is 31.5 Å². The van der Waals surface area contributed by atoms with Crippen molar-refractivity contribution in [3.05, 3.63) is 11.5 Å². The second-order valence-corrected chi connectivity index (χ2v) is 4.19. The molecule has 4 N–H and O–H groups in total. The zero-order chi connectivity index (χ0) is 11.2. The van der Waals surface area contributed by atoms with Crippen molar-refractivity contribution in [1.29, 1.82) is 0 Å². The van der Waals surface area contributed by atoms with Crippen LogP contribution in [0.5, 0.6) is 0 Å². The number of nitrogens with one attached hydrogen (secondary N) is 2. The Morgan fingerprint density at radius 3 is 1.47 bits per heavy atom. The monoisotopic (exact) mass is 419 g/mol. The minimum absolute atomic E-state index is 0. The molecule has 0 aromatic heterocycles. The molecule has 0 radical (unpaired) electrons. The van der Waals surface area contributed by atoms with Crippen molar-refractivity contribution in [1.82, 2.24) is 0 Å². The van der Waals surface area contributed by atoms with Crippen LogP contribution in [-0.4, -0.2) is 29.6 Å². The standard InChI is InChI=1S/C7H14N2.H2O4S.Pt/c8-6-4-2-1-3-5-7(6)9;1-5(2,3)4;/h6-9H,1-5H2;(H2,1,2,3,4);/q-2;;+2. The second kappa shape index (κ2) is 8.61. The van der Waals surface area contributed by atoms with E-state index in [1.54, 1.807) is 0 Å². The van der Waals surface area contributed by atoms with Gasteiger partial charge in [0.05, 0.1) is 0 Å². The first-order valence-electron chi connectivity index (χ1n) is 4.43. The molecule has 0 aliphatic heterocycles. The quantitative estimate of drug-likeness (QED) is 0.461. The van der Waals surface area contributed by atoms with Gasteiger partial charge in [-0.1, -0.05) is 32.1 Å². The molecule has 0 heterocycles. The van der Waals surface area contributed by atoms with Gasteiger partial charge in [0.25, 0.3) is 0 Å². The fraction of sp³-hybridized carbons (Fsp3) is 1.00. The molecular formula is C7H16N2O4PtS. The zero-order valence-electron chi connectivity index (χ0n) is 8.13. The van der Waals surface area contributed by atoms with E-state index in [0.717, 1.165) is 12.8 Å². The smallest absolute Gasteiger partial charge is 0.676 e.